The molecule has 0 radical (unpaired) electrons. The van der Waals surface area contributed by atoms with Crippen LogP contribution in [-0.4, -0.2) is 19.9 Å². The Morgan fingerprint density at radius 3 is 1.32 bits per heavy atom. The average molecular weight is 639 g/mol. The van der Waals surface area contributed by atoms with E-state index in [1.807, 2.05) is 66.7 Å². The van der Waals surface area contributed by atoms with E-state index in [1.54, 1.807) is 0 Å². The zero-order chi connectivity index (χ0) is 33.3. The molecule has 0 saturated carbocycles. The van der Waals surface area contributed by atoms with Crippen molar-refractivity contribution in [3.8, 4) is 67.7 Å². The summed E-state index contributed by atoms with van der Waals surface area (Å²) in [5.41, 5.74) is 10.5. The van der Waals surface area contributed by atoms with Gasteiger partial charge in [0.05, 0.1) is 11.2 Å². The summed E-state index contributed by atoms with van der Waals surface area (Å²) in [6.07, 6.45) is 0. The Kier molecular flexibility index (Phi) is 7.45. The molecule has 0 bridgehead atoms. The Balaban J connectivity index is 1.11. The maximum atomic E-state index is 5.14. The summed E-state index contributed by atoms with van der Waals surface area (Å²) >= 11 is 0. The third-order valence-electron chi connectivity index (χ3n) is 9.12. The van der Waals surface area contributed by atoms with Crippen LogP contribution in [0.5, 0.6) is 0 Å². The summed E-state index contributed by atoms with van der Waals surface area (Å²) < 4.78 is 0. The van der Waals surface area contributed by atoms with Crippen molar-refractivity contribution in [3.63, 3.8) is 0 Å². The third-order valence-corrected chi connectivity index (χ3v) is 9.12. The summed E-state index contributed by atoms with van der Waals surface area (Å²) in [5.74, 6) is 1.95. The van der Waals surface area contributed by atoms with Crippen molar-refractivity contribution in [2.45, 2.75) is 0 Å². The van der Waals surface area contributed by atoms with Gasteiger partial charge in [-0.1, -0.05) is 164 Å². The van der Waals surface area contributed by atoms with Crippen LogP contribution in [0.3, 0.4) is 0 Å². The normalized spacial score (nSPS) is 11.2. The molecule has 0 fully saturated rings. The quantitative estimate of drug-likeness (QED) is 0.170. The molecule has 9 aromatic rings. The van der Waals surface area contributed by atoms with Gasteiger partial charge in [-0.2, -0.15) is 0 Å². The Hall–Kier alpha value is -6.78. The maximum Gasteiger partial charge on any atom is 0.164 e. The molecule has 50 heavy (non-hydrogen) atoms. The van der Waals surface area contributed by atoms with Crippen molar-refractivity contribution in [1.29, 1.82) is 0 Å². The minimum atomic E-state index is 0.644. The van der Waals surface area contributed by atoms with Gasteiger partial charge in [0.2, 0.25) is 0 Å². The fourth-order valence-electron chi connectivity index (χ4n) is 6.60. The SMILES string of the molecule is c1ccc(-c2cc(-c3ccccc3)c3c(ccc4cc(-c5ccc(-c6nc(-c7ccccc7)nc(-c7ccccc7)n6)cc5)ccc43)n2)cc1. The Bertz CT molecular complexity index is 2550. The van der Waals surface area contributed by atoms with Crippen molar-refractivity contribution in [2.24, 2.45) is 0 Å². The van der Waals surface area contributed by atoms with E-state index < -0.39 is 0 Å². The van der Waals surface area contributed by atoms with Crippen LogP contribution in [0.2, 0.25) is 0 Å². The number of hydrogen-bond acceptors (Lipinski definition) is 4. The predicted molar refractivity (Wildman–Crippen MR) is 205 cm³/mol. The average Bonchev–Trinajstić information content (AvgIpc) is 3.21. The molecular weight excluding hydrogens is 609 g/mol. The molecule has 4 nitrogen and oxygen atoms in total. The summed E-state index contributed by atoms with van der Waals surface area (Å²) in [7, 11) is 0. The number of benzene rings is 7. The molecule has 0 aliphatic carbocycles. The molecular formula is C46H30N4. The topological polar surface area (TPSA) is 51.6 Å². The van der Waals surface area contributed by atoms with Crippen molar-refractivity contribution in [1.82, 2.24) is 19.9 Å². The minimum absolute atomic E-state index is 0.644. The molecule has 234 valence electrons. The van der Waals surface area contributed by atoms with E-state index in [0.29, 0.717) is 17.5 Å². The lowest BCUT2D eigenvalue weighted by molar-refractivity contribution is 1.07. The van der Waals surface area contributed by atoms with Crippen LogP contribution in [0, 0.1) is 0 Å². The van der Waals surface area contributed by atoms with Crippen molar-refractivity contribution < 1.29 is 0 Å². The number of nitrogens with zero attached hydrogens (tertiary/aromatic N) is 4. The maximum absolute atomic E-state index is 5.14. The van der Waals surface area contributed by atoms with Crippen LogP contribution in [0.1, 0.15) is 0 Å². The predicted octanol–water partition coefficient (Wildman–Crippen LogP) is 11.6. The molecule has 7 aromatic carbocycles. The lowest BCUT2D eigenvalue weighted by Gasteiger charge is -2.14. The zero-order valence-electron chi connectivity index (χ0n) is 27.1. The number of pyridine rings is 1. The van der Waals surface area contributed by atoms with Gasteiger partial charge in [-0.3, -0.25) is 0 Å². The fourth-order valence-corrected chi connectivity index (χ4v) is 6.60. The number of rotatable bonds is 6. The van der Waals surface area contributed by atoms with Crippen LogP contribution < -0.4 is 0 Å². The number of aromatic nitrogens is 4. The first kappa shape index (κ1) is 29.4. The van der Waals surface area contributed by atoms with E-state index in [1.165, 1.54) is 21.9 Å². The van der Waals surface area contributed by atoms with E-state index in [4.69, 9.17) is 19.9 Å². The molecule has 2 heterocycles. The molecule has 4 heteroatoms. The van der Waals surface area contributed by atoms with Gasteiger partial charge >= 0.3 is 0 Å². The van der Waals surface area contributed by atoms with Gasteiger partial charge < -0.3 is 0 Å². The van der Waals surface area contributed by atoms with E-state index >= 15 is 0 Å². The molecule has 0 atom stereocenters. The van der Waals surface area contributed by atoms with Gasteiger partial charge in [-0.05, 0) is 51.2 Å². The lowest BCUT2D eigenvalue weighted by atomic mass is 9.93. The van der Waals surface area contributed by atoms with Crippen LogP contribution >= 0.6 is 0 Å². The van der Waals surface area contributed by atoms with Gasteiger partial charge in [0.25, 0.3) is 0 Å². The third kappa shape index (κ3) is 5.59. The first-order chi connectivity index (χ1) is 24.8. The highest BCUT2D eigenvalue weighted by Gasteiger charge is 2.15. The van der Waals surface area contributed by atoms with Gasteiger partial charge in [0.1, 0.15) is 0 Å². The number of fused-ring (bicyclic) bond motifs is 3. The van der Waals surface area contributed by atoms with E-state index in [2.05, 4.69) is 115 Å². The molecule has 0 saturated heterocycles. The van der Waals surface area contributed by atoms with Gasteiger partial charge in [0, 0.05) is 27.6 Å². The monoisotopic (exact) mass is 638 g/mol. The summed E-state index contributed by atoms with van der Waals surface area (Å²) in [5, 5.41) is 3.51. The van der Waals surface area contributed by atoms with Crippen molar-refractivity contribution in [2.75, 3.05) is 0 Å². The largest absolute Gasteiger partial charge is 0.248 e. The zero-order valence-corrected chi connectivity index (χ0v) is 27.1. The second-order valence-electron chi connectivity index (χ2n) is 12.3. The molecule has 0 spiro atoms. The molecule has 0 amide bonds. The molecule has 0 aliphatic rings. The van der Waals surface area contributed by atoms with Gasteiger partial charge in [-0.25, -0.2) is 19.9 Å². The van der Waals surface area contributed by atoms with Crippen LogP contribution in [0.4, 0.5) is 0 Å². The van der Waals surface area contributed by atoms with Crippen molar-refractivity contribution >= 4 is 21.7 Å². The molecule has 0 unspecified atom stereocenters. The lowest BCUT2D eigenvalue weighted by Crippen LogP contribution is -2.00. The summed E-state index contributed by atoms with van der Waals surface area (Å²) in [6.45, 7) is 0. The highest BCUT2D eigenvalue weighted by molar-refractivity contribution is 6.14. The molecule has 0 N–H and O–H groups in total. The Morgan fingerprint density at radius 2 is 0.760 bits per heavy atom. The van der Waals surface area contributed by atoms with E-state index in [0.717, 1.165) is 50.0 Å². The summed E-state index contributed by atoms with van der Waals surface area (Å²) in [4.78, 5) is 19.8. The second kappa shape index (κ2) is 12.7. The summed E-state index contributed by atoms with van der Waals surface area (Å²) in [6, 6.07) is 62.9. The van der Waals surface area contributed by atoms with E-state index in [9.17, 15) is 0 Å². The van der Waals surface area contributed by atoms with Gasteiger partial charge in [0.15, 0.2) is 17.5 Å². The van der Waals surface area contributed by atoms with Gasteiger partial charge in [-0.15, -0.1) is 0 Å². The number of hydrogen-bond donors (Lipinski definition) is 0. The highest BCUT2D eigenvalue weighted by Crippen LogP contribution is 2.38. The minimum Gasteiger partial charge on any atom is -0.248 e. The van der Waals surface area contributed by atoms with Crippen LogP contribution in [0.15, 0.2) is 182 Å². The van der Waals surface area contributed by atoms with Crippen LogP contribution in [-0.2, 0) is 0 Å². The van der Waals surface area contributed by atoms with E-state index in [-0.39, 0.29) is 0 Å². The van der Waals surface area contributed by atoms with Crippen LogP contribution in [0.25, 0.3) is 89.4 Å². The first-order valence-electron chi connectivity index (χ1n) is 16.7. The second-order valence-corrected chi connectivity index (χ2v) is 12.3. The Labute approximate surface area is 290 Å². The Morgan fingerprint density at radius 1 is 0.300 bits per heavy atom. The smallest absolute Gasteiger partial charge is 0.164 e. The standard InChI is InChI=1S/C46H30N4/c1-5-13-32(14-6-1)40-30-42(33-15-7-2-8-16-33)47-41-28-26-38-29-37(25-27-39(38)43(40)41)31-21-23-36(24-22-31)46-49-44(34-17-9-3-10-18-34)48-45(50-46)35-19-11-4-12-20-35/h1-30H. The molecule has 9 rings (SSSR count). The first-order valence-corrected chi connectivity index (χ1v) is 16.7. The molecule has 0 aliphatic heterocycles. The van der Waals surface area contributed by atoms with Crippen molar-refractivity contribution in [3.05, 3.63) is 182 Å². The highest BCUT2D eigenvalue weighted by atomic mass is 15.0. The fraction of sp³-hybridized carbons (Fsp3) is 0. The molecule has 2 aromatic heterocycles.